The van der Waals surface area contributed by atoms with Crippen molar-refractivity contribution >= 4 is 18.4 Å². The van der Waals surface area contributed by atoms with E-state index >= 15 is 0 Å². The molecule has 0 amide bonds. The molecule has 0 unspecified atom stereocenters. The van der Waals surface area contributed by atoms with Crippen molar-refractivity contribution in [3.05, 3.63) is 48.1 Å². The predicted molar refractivity (Wildman–Crippen MR) is 67.0 cm³/mol. The molecule has 0 bridgehead atoms. The minimum atomic E-state index is -2.29. The molecule has 2 heteroatoms. The molecule has 78 valence electrons. The van der Waals surface area contributed by atoms with E-state index in [1.165, 1.54) is 0 Å². The van der Waals surface area contributed by atoms with Crippen LogP contribution >= 0.6 is 0 Å². The maximum absolute atomic E-state index is 8.80. The van der Waals surface area contributed by atoms with E-state index in [1.807, 2.05) is 24.3 Å². The molecule has 1 N–H and O–H groups in total. The Morgan fingerprint density at radius 1 is 0.929 bits per heavy atom. The van der Waals surface area contributed by atoms with Gasteiger partial charge in [0.05, 0.1) is 0 Å². The minimum absolute atomic E-state index is 0.129. The Morgan fingerprint density at radius 3 is 1.64 bits per heavy atom. The molecular weight excluding hydrogens is 279 g/mol. The van der Waals surface area contributed by atoms with Gasteiger partial charge < -0.3 is 0 Å². The Hall–Kier alpha value is -0.281. The quantitative estimate of drug-likeness (QED) is 0.539. The summed E-state index contributed by atoms with van der Waals surface area (Å²) in [5, 5.41) is 8.80. The molecule has 1 nitrogen and oxygen atoms in total. The summed E-state index contributed by atoms with van der Waals surface area (Å²) < 4.78 is 5.51. The van der Waals surface area contributed by atoms with Crippen LogP contribution in [0.4, 0.5) is 0 Å². The van der Waals surface area contributed by atoms with Crippen LogP contribution in [0.1, 0.15) is 0 Å². The first-order valence-corrected chi connectivity index (χ1v) is 12.6. The van der Waals surface area contributed by atoms with Gasteiger partial charge in [-0.25, -0.2) is 0 Å². The van der Waals surface area contributed by atoms with Gasteiger partial charge in [-0.2, -0.15) is 0 Å². The zero-order valence-electron chi connectivity index (χ0n) is 8.78. The van der Waals surface area contributed by atoms with Crippen LogP contribution in [0.2, 0.25) is 13.3 Å². The van der Waals surface area contributed by atoms with Crippen LogP contribution in [0.15, 0.2) is 48.1 Å². The van der Waals surface area contributed by atoms with Crippen molar-refractivity contribution in [2.24, 2.45) is 0 Å². The average molecular weight is 299 g/mol. The molecule has 0 saturated heterocycles. The van der Waals surface area contributed by atoms with Gasteiger partial charge in [0, 0.05) is 0 Å². The zero-order valence-corrected chi connectivity index (χ0v) is 11.6. The van der Waals surface area contributed by atoms with Gasteiger partial charge in [0.25, 0.3) is 0 Å². The van der Waals surface area contributed by atoms with Crippen molar-refractivity contribution in [3.63, 3.8) is 0 Å². The molecule has 0 aliphatic carbocycles. The number of aliphatic hydroxyl groups excluding tert-OH is 1. The fraction of sp³-hybridized carbons (Fsp3) is 0.333. The molecule has 0 atom stereocenters. The van der Waals surface area contributed by atoms with Gasteiger partial charge in [0.2, 0.25) is 0 Å². The number of hydrogen-bond donors (Lipinski definition) is 1. The fourth-order valence-corrected chi connectivity index (χ4v) is 10.9. The molecule has 0 aromatic carbocycles. The van der Waals surface area contributed by atoms with E-state index in [4.69, 9.17) is 5.11 Å². The summed E-state index contributed by atoms with van der Waals surface area (Å²) in [5.41, 5.74) is 0. The van der Waals surface area contributed by atoms with Crippen LogP contribution in [0.25, 0.3) is 0 Å². The standard InChI is InChI=1S/C3H5O.3C3H5.Sn/c1-2-3-4;3*1-3-2;/h1-2,4H,3H2;3*3H,1-2H2;. The van der Waals surface area contributed by atoms with Crippen molar-refractivity contribution in [1.82, 2.24) is 0 Å². The van der Waals surface area contributed by atoms with Gasteiger partial charge in [-0.1, -0.05) is 0 Å². The summed E-state index contributed by atoms with van der Waals surface area (Å²) in [6.07, 6.45) is 7.84. The van der Waals surface area contributed by atoms with Crippen molar-refractivity contribution in [3.8, 4) is 0 Å². The van der Waals surface area contributed by atoms with E-state index in [9.17, 15) is 0 Å². The summed E-state index contributed by atoms with van der Waals surface area (Å²) in [6, 6.07) is 0. The van der Waals surface area contributed by atoms with Gasteiger partial charge in [-0.3, -0.25) is 0 Å². The van der Waals surface area contributed by atoms with E-state index in [1.54, 1.807) is 0 Å². The molecule has 0 saturated carbocycles. The third-order valence-corrected chi connectivity index (χ3v) is 14.4. The Kier molecular flexibility index (Phi) is 7.90. The molecule has 0 rings (SSSR count). The van der Waals surface area contributed by atoms with Gasteiger partial charge in [-0.05, 0) is 0 Å². The van der Waals surface area contributed by atoms with E-state index in [0.29, 0.717) is 0 Å². The molecule has 0 heterocycles. The zero-order chi connectivity index (χ0) is 10.9. The first kappa shape index (κ1) is 13.7. The first-order chi connectivity index (χ1) is 6.74. The Bertz CT molecular complexity index is 192. The molecule has 0 radical (unpaired) electrons. The summed E-state index contributed by atoms with van der Waals surface area (Å²) in [5.74, 6) is 0. The molecule has 0 aliphatic heterocycles. The third-order valence-electron chi connectivity index (χ3n) is 2.23. The molecule has 0 fully saturated rings. The number of allylic oxidation sites excluding steroid dienone is 3. The summed E-state index contributed by atoms with van der Waals surface area (Å²) in [4.78, 5) is 0. The number of hydrogen-bond acceptors (Lipinski definition) is 1. The SMILES string of the molecule is C=C[CH2][Sn]([CH]=CCO)([CH2]C=C)[CH2]C=C. The Morgan fingerprint density at radius 2 is 1.36 bits per heavy atom. The van der Waals surface area contributed by atoms with Gasteiger partial charge in [0.1, 0.15) is 0 Å². The second-order valence-electron chi connectivity index (χ2n) is 3.43. The fourth-order valence-electron chi connectivity index (χ4n) is 1.62. The Labute approximate surface area is 91.4 Å². The van der Waals surface area contributed by atoms with Crippen molar-refractivity contribution in [2.45, 2.75) is 13.3 Å². The van der Waals surface area contributed by atoms with Gasteiger partial charge in [-0.15, -0.1) is 0 Å². The van der Waals surface area contributed by atoms with Crippen molar-refractivity contribution < 1.29 is 5.11 Å². The maximum atomic E-state index is 8.80. The van der Waals surface area contributed by atoms with Crippen LogP contribution in [-0.2, 0) is 0 Å². The summed E-state index contributed by atoms with van der Waals surface area (Å²) in [6.45, 7) is 11.5. The van der Waals surface area contributed by atoms with Gasteiger partial charge >= 0.3 is 91.5 Å². The summed E-state index contributed by atoms with van der Waals surface area (Å²) in [7, 11) is 0. The second kappa shape index (κ2) is 8.06. The van der Waals surface area contributed by atoms with E-state index in [-0.39, 0.29) is 6.61 Å². The average Bonchev–Trinajstić information content (AvgIpc) is 2.16. The third kappa shape index (κ3) is 4.82. The van der Waals surface area contributed by atoms with Crippen LogP contribution in [0, 0.1) is 0 Å². The van der Waals surface area contributed by atoms with Crippen LogP contribution in [0.5, 0.6) is 0 Å². The molecule has 0 aliphatic rings. The Balaban J connectivity index is 4.69. The van der Waals surface area contributed by atoms with Gasteiger partial charge in [0.15, 0.2) is 0 Å². The van der Waals surface area contributed by atoms with E-state index in [2.05, 4.69) is 23.8 Å². The van der Waals surface area contributed by atoms with Crippen LogP contribution in [0.3, 0.4) is 0 Å². The van der Waals surface area contributed by atoms with Crippen LogP contribution in [-0.4, -0.2) is 30.1 Å². The number of rotatable bonds is 8. The molecule has 0 aromatic heterocycles. The topological polar surface area (TPSA) is 20.2 Å². The monoisotopic (exact) mass is 300 g/mol. The molecule has 0 aromatic rings. The normalized spacial score (nSPS) is 11.5. The van der Waals surface area contributed by atoms with E-state index < -0.39 is 18.4 Å². The van der Waals surface area contributed by atoms with E-state index in [0.717, 1.165) is 13.3 Å². The second-order valence-corrected chi connectivity index (χ2v) is 15.6. The van der Waals surface area contributed by atoms with Crippen molar-refractivity contribution in [1.29, 1.82) is 0 Å². The summed E-state index contributed by atoms with van der Waals surface area (Å²) >= 11 is -2.29. The molecular formula is C12H20OSn. The first-order valence-electron chi connectivity index (χ1n) is 4.86. The molecule has 0 spiro atoms. The van der Waals surface area contributed by atoms with Crippen LogP contribution < -0.4 is 0 Å². The molecule has 14 heavy (non-hydrogen) atoms. The predicted octanol–water partition coefficient (Wildman–Crippen LogP) is 3.08. The number of aliphatic hydroxyl groups is 1. The van der Waals surface area contributed by atoms with Crippen molar-refractivity contribution in [2.75, 3.05) is 6.61 Å².